The third kappa shape index (κ3) is 3.06. The number of nitrogens with one attached hydrogen (secondary N) is 1. The van der Waals surface area contributed by atoms with Crippen LogP contribution in [0.3, 0.4) is 0 Å². The van der Waals surface area contributed by atoms with Crippen LogP contribution in [0.15, 0.2) is 42.5 Å². The van der Waals surface area contributed by atoms with Gasteiger partial charge in [0.05, 0.1) is 21.9 Å². The summed E-state index contributed by atoms with van der Waals surface area (Å²) in [5.74, 6) is 2.20. The van der Waals surface area contributed by atoms with E-state index in [0.29, 0.717) is 0 Å². The SMILES string of the molecule is Cc1ccc(-n2nc(C)c3c2NC(=O)[C@@H](C)S[C@@H]3c2ccc3c(c2)OCO3)cc1. The first-order chi connectivity index (χ1) is 14.0. The van der Waals surface area contributed by atoms with E-state index >= 15 is 0 Å². The van der Waals surface area contributed by atoms with Crippen LogP contribution in [0.2, 0.25) is 0 Å². The van der Waals surface area contributed by atoms with Crippen LogP contribution in [-0.2, 0) is 4.79 Å². The molecule has 2 aliphatic heterocycles. The van der Waals surface area contributed by atoms with E-state index in [0.717, 1.165) is 39.8 Å². The van der Waals surface area contributed by atoms with E-state index in [1.807, 2.05) is 67.9 Å². The van der Waals surface area contributed by atoms with Gasteiger partial charge in [0.15, 0.2) is 11.5 Å². The molecular weight excluding hydrogens is 386 g/mol. The number of aryl methyl sites for hydroxylation is 2. The van der Waals surface area contributed by atoms with E-state index in [1.54, 1.807) is 11.8 Å². The molecule has 5 rings (SSSR count). The number of nitrogens with zero attached hydrogens (tertiary/aromatic N) is 2. The van der Waals surface area contributed by atoms with Gasteiger partial charge in [-0.2, -0.15) is 5.10 Å². The standard InChI is InChI=1S/C22H21N3O3S/c1-12-4-7-16(8-5-12)25-21-19(13(2)24-25)20(29-14(3)22(26)23-21)15-6-9-17-18(10-15)28-11-27-17/h4-10,14,20H,11H2,1-3H3,(H,23,26)/t14-,20-/m1/s1. The van der Waals surface area contributed by atoms with Gasteiger partial charge in [-0.25, -0.2) is 4.68 Å². The van der Waals surface area contributed by atoms with Crippen molar-refractivity contribution < 1.29 is 14.3 Å². The van der Waals surface area contributed by atoms with Crippen LogP contribution in [0.5, 0.6) is 11.5 Å². The van der Waals surface area contributed by atoms with Gasteiger partial charge >= 0.3 is 0 Å². The summed E-state index contributed by atoms with van der Waals surface area (Å²) >= 11 is 1.62. The average Bonchev–Trinajstić information content (AvgIpc) is 3.27. The molecule has 0 aliphatic carbocycles. The van der Waals surface area contributed by atoms with Crippen LogP contribution in [0, 0.1) is 13.8 Å². The molecule has 3 heterocycles. The van der Waals surface area contributed by atoms with Crippen LogP contribution >= 0.6 is 11.8 Å². The smallest absolute Gasteiger partial charge is 0.238 e. The Morgan fingerprint density at radius 2 is 1.86 bits per heavy atom. The Morgan fingerprint density at radius 1 is 1.10 bits per heavy atom. The van der Waals surface area contributed by atoms with E-state index in [9.17, 15) is 4.79 Å². The Labute approximate surface area is 173 Å². The molecule has 0 saturated heterocycles. The maximum atomic E-state index is 12.8. The van der Waals surface area contributed by atoms with Crippen molar-refractivity contribution in [1.82, 2.24) is 9.78 Å². The lowest BCUT2D eigenvalue weighted by Crippen LogP contribution is -2.22. The molecule has 1 aromatic heterocycles. The first-order valence-electron chi connectivity index (χ1n) is 9.53. The number of anilines is 1. The number of carbonyl (C=O) groups excluding carboxylic acids is 1. The summed E-state index contributed by atoms with van der Waals surface area (Å²) in [6.45, 7) is 6.22. The highest BCUT2D eigenvalue weighted by Crippen LogP contribution is 2.48. The fourth-order valence-corrected chi connectivity index (χ4v) is 5.03. The molecule has 0 fully saturated rings. The topological polar surface area (TPSA) is 65.4 Å². The molecular formula is C22H21N3O3S. The first-order valence-corrected chi connectivity index (χ1v) is 10.5. The molecule has 2 aromatic carbocycles. The fraction of sp³-hybridized carbons (Fsp3) is 0.273. The number of amides is 1. The third-order valence-electron chi connectivity index (χ3n) is 5.30. The van der Waals surface area contributed by atoms with E-state index in [1.165, 1.54) is 5.56 Å². The number of rotatable bonds is 2. The van der Waals surface area contributed by atoms with Crippen molar-refractivity contribution in [3.05, 3.63) is 64.8 Å². The van der Waals surface area contributed by atoms with E-state index in [-0.39, 0.29) is 23.2 Å². The Morgan fingerprint density at radius 3 is 2.66 bits per heavy atom. The van der Waals surface area contributed by atoms with Gasteiger partial charge in [0.2, 0.25) is 12.7 Å². The van der Waals surface area contributed by atoms with Crippen LogP contribution in [-0.4, -0.2) is 27.7 Å². The number of fused-ring (bicyclic) bond motifs is 2. The van der Waals surface area contributed by atoms with Gasteiger partial charge in [-0.05, 0) is 50.6 Å². The largest absolute Gasteiger partial charge is 0.454 e. The van der Waals surface area contributed by atoms with E-state index in [4.69, 9.17) is 14.6 Å². The lowest BCUT2D eigenvalue weighted by molar-refractivity contribution is -0.115. The molecule has 2 aliphatic rings. The summed E-state index contributed by atoms with van der Waals surface area (Å²) in [5.41, 5.74) is 5.08. The van der Waals surface area contributed by atoms with Crippen LogP contribution in [0.25, 0.3) is 5.69 Å². The molecule has 148 valence electrons. The third-order valence-corrected chi connectivity index (χ3v) is 6.70. The molecule has 2 atom stereocenters. The minimum absolute atomic E-state index is 0.0206. The summed E-state index contributed by atoms with van der Waals surface area (Å²) in [4.78, 5) is 12.8. The molecule has 6 nitrogen and oxygen atoms in total. The zero-order valence-corrected chi connectivity index (χ0v) is 17.2. The maximum Gasteiger partial charge on any atom is 0.238 e. The monoisotopic (exact) mass is 407 g/mol. The van der Waals surface area contributed by atoms with Crippen molar-refractivity contribution in [3.8, 4) is 17.2 Å². The van der Waals surface area contributed by atoms with Gasteiger partial charge in [-0.1, -0.05) is 23.8 Å². The maximum absolute atomic E-state index is 12.8. The minimum atomic E-state index is -0.205. The van der Waals surface area contributed by atoms with Crippen molar-refractivity contribution in [3.63, 3.8) is 0 Å². The van der Waals surface area contributed by atoms with Crippen molar-refractivity contribution >= 4 is 23.5 Å². The highest BCUT2D eigenvalue weighted by Gasteiger charge is 2.34. The summed E-state index contributed by atoms with van der Waals surface area (Å²) in [7, 11) is 0. The van der Waals surface area contributed by atoms with Gasteiger partial charge in [-0.15, -0.1) is 11.8 Å². The van der Waals surface area contributed by atoms with Crippen LogP contribution in [0.4, 0.5) is 5.82 Å². The Kier molecular flexibility index (Phi) is 4.28. The Balaban J connectivity index is 1.67. The molecule has 0 bridgehead atoms. The van der Waals surface area contributed by atoms with Gasteiger partial charge in [0.25, 0.3) is 0 Å². The first kappa shape index (κ1) is 18.1. The van der Waals surface area contributed by atoms with Crippen molar-refractivity contribution in [2.45, 2.75) is 31.3 Å². The van der Waals surface area contributed by atoms with E-state index < -0.39 is 0 Å². The summed E-state index contributed by atoms with van der Waals surface area (Å²) in [6.07, 6.45) is 0. The van der Waals surface area contributed by atoms with Gasteiger partial charge in [0, 0.05) is 5.56 Å². The minimum Gasteiger partial charge on any atom is -0.454 e. The molecule has 0 spiro atoms. The second-order valence-electron chi connectivity index (χ2n) is 7.36. The number of ether oxygens (including phenoxy) is 2. The van der Waals surface area contributed by atoms with Crippen molar-refractivity contribution in [1.29, 1.82) is 0 Å². The van der Waals surface area contributed by atoms with Gasteiger partial charge in [-0.3, -0.25) is 4.79 Å². The lowest BCUT2D eigenvalue weighted by Gasteiger charge is -2.17. The lowest BCUT2D eigenvalue weighted by atomic mass is 10.0. The zero-order valence-electron chi connectivity index (χ0n) is 16.4. The number of aromatic nitrogens is 2. The fourth-order valence-electron chi connectivity index (χ4n) is 3.72. The number of thioether (sulfide) groups is 1. The molecule has 3 aromatic rings. The molecule has 29 heavy (non-hydrogen) atoms. The number of hydrogen-bond acceptors (Lipinski definition) is 5. The summed E-state index contributed by atoms with van der Waals surface area (Å²) in [6, 6.07) is 14.1. The molecule has 1 amide bonds. The molecule has 7 heteroatoms. The second-order valence-corrected chi connectivity index (χ2v) is 8.81. The highest BCUT2D eigenvalue weighted by atomic mass is 32.2. The quantitative estimate of drug-likeness (QED) is 0.683. The van der Waals surface area contributed by atoms with Crippen LogP contribution in [0.1, 0.15) is 34.6 Å². The van der Waals surface area contributed by atoms with Crippen LogP contribution < -0.4 is 14.8 Å². The summed E-state index contributed by atoms with van der Waals surface area (Å²) in [5, 5.41) is 7.63. The summed E-state index contributed by atoms with van der Waals surface area (Å²) < 4.78 is 12.9. The van der Waals surface area contributed by atoms with E-state index in [2.05, 4.69) is 5.32 Å². The predicted molar refractivity (Wildman–Crippen MR) is 113 cm³/mol. The molecule has 1 N–H and O–H groups in total. The number of hydrogen-bond donors (Lipinski definition) is 1. The van der Waals surface area contributed by atoms with Gasteiger partial charge < -0.3 is 14.8 Å². The van der Waals surface area contributed by atoms with Gasteiger partial charge in [0.1, 0.15) is 5.82 Å². The second kappa shape index (κ2) is 6.84. The number of carbonyl (C=O) groups is 1. The molecule has 0 unspecified atom stereocenters. The highest BCUT2D eigenvalue weighted by molar-refractivity contribution is 8.01. The predicted octanol–water partition coefficient (Wildman–Crippen LogP) is 4.38. The number of benzene rings is 2. The molecule has 0 radical (unpaired) electrons. The Bertz CT molecular complexity index is 1110. The van der Waals surface area contributed by atoms with Crippen molar-refractivity contribution in [2.75, 3.05) is 12.1 Å². The van der Waals surface area contributed by atoms with Crippen molar-refractivity contribution in [2.24, 2.45) is 0 Å². The zero-order chi connectivity index (χ0) is 20.1. The average molecular weight is 407 g/mol. The normalized spacial score (nSPS) is 20.2. The Hall–Kier alpha value is -2.93. The molecule has 0 saturated carbocycles.